The van der Waals surface area contributed by atoms with E-state index >= 15 is 0 Å². The Morgan fingerprint density at radius 3 is 1.08 bits per heavy atom. The lowest BCUT2D eigenvalue weighted by molar-refractivity contribution is -0.310. The first-order chi connectivity index (χ1) is 28.2. The maximum atomic E-state index is 11.3. The zero-order chi connectivity index (χ0) is 45.8. The van der Waals surface area contributed by atoms with Crippen molar-refractivity contribution in [2.45, 2.75) is 284 Å². The van der Waals surface area contributed by atoms with E-state index < -0.39 is 22.9 Å². The standard InChI is InChI=1S/C49H96N4O8/c1-32(2)40-24-36(28-46(9,10)50(40)54)58-23-21-19-17-18-20-22-44(59-37-25-41(33(3)4)51(55)47(11,12)29-37)45(60-38-26-42(34(5)6)52(56)48(13,14)30-38)61-39-27-43(35(7)8)53(57)49(15,16)31-39/h32-45,54-57H,17-31H2,1-16H3. The third-order valence-corrected chi connectivity index (χ3v) is 15.1. The first-order valence-corrected chi connectivity index (χ1v) is 24.7. The van der Waals surface area contributed by atoms with Gasteiger partial charge >= 0.3 is 0 Å². The highest BCUT2D eigenvalue weighted by molar-refractivity contribution is 4.97. The average molecular weight is 869 g/mol. The number of nitrogens with zero attached hydrogens (tertiary/aromatic N) is 4. The van der Waals surface area contributed by atoms with E-state index in [1.54, 1.807) is 20.3 Å². The van der Waals surface area contributed by atoms with Gasteiger partial charge in [-0.25, -0.2) is 0 Å². The molecule has 0 aromatic carbocycles. The van der Waals surface area contributed by atoms with Crippen LogP contribution in [0.15, 0.2) is 0 Å². The minimum Gasteiger partial charge on any atom is -0.378 e. The molecule has 4 rings (SSSR count). The van der Waals surface area contributed by atoms with Crippen LogP contribution in [-0.2, 0) is 18.9 Å². The molecule has 4 heterocycles. The smallest absolute Gasteiger partial charge is 0.184 e. The molecule has 0 aromatic rings. The van der Waals surface area contributed by atoms with E-state index in [9.17, 15) is 20.8 Å². The van der Waals surface area contributed by atoms with Gasteiger partial charge < -0.3 is 39.8 Å². The van der Waals surface area contributed by atoms with E-state index in [1.807, 2.05) is 0 Å². The number of ether oxygens (including phenoxy) is 4. The zero-order valence-corrected chi connectivity index (χ0v) is 41.9. The lowest BCUT2D eigenvalue weighted by atomic mass is 9.82. The van der Waals surface area contributed by atoms with Crippen LogP contribution in [0.4, 0.5) is 0 Å². The number of hydrogen-bond donors (Lipinski definition) is 4. The summed E-state index contributed by atoms with van der Waals surface area (Å²) in [4.78, 5) is 0. The average Bonchev–Trinajstić information content (AvgIpc) is 3.13. The van der Waals surface area contributed by atoms with Gasteiger partial charge in [-0.1, -0.05) is 81.1 Å². The van der Waals surface area contributed by atoms with Gasteiger partial charge in [-0.3, -0.25) is 0 Å². The molecule has 0 aromatic heterocycles. The van der Waals surface area contributed by atoms with Gasteiger partial charge in [-0.2, -0.15) is 20.3 Å². The quantitative estimate of drug-likeness (QED) is 0.0686. The molecule has 4 fully saturated rings. The number of hydroxylamine groups is 8. The topological polar surface area (TPSA) is 131 Å². The molecule has 12 nitrogen and oxygen atoms in total. The second kappa shape index (κ2) is 21.9. The molecule has 0 amide bonds. The maximum absolute atomic E-state index is 11.3. The normalized spacial score (nSPS) is 33.8. The minimum atomic E-state index is -0.636. The monoisotopic (exact) mass is 869 g/mol. The summed E-state index contributed by atoms with van der Waals surface area (Å²) in [6.45, 7) is 34.9. The first kappa shape index (κ1) is 53.1. The fraction of sp³-hybridized carbons (Fsp3) is 1.00. The van der Waals surface area contributed by atoms with Crippen molar-refractivity contribution in [1.29, 1.82) is 0 Å². The van der Waals surface area contributed by atoms with Gasteiger partial charge in [0.15, 0.2) is 6.29 Å². The molecular weight excluding hydrogens is 773 g/mol. The predicted octanol–water partition coefficient (Wildman–Crippen LogP) is 10.7. The lowest BCUT2D eigenvalue weighted by Gasteiger charge is -2.51. The van der Waals surface area contributed by atoms with Gasteiger partial charge in [0.05, 0.1) is 24.4 Å². The number of hydrogen-bond acceptors (Lipinski definition) is 12. The van der Waals surface area contributed by atoms with Crippen LogP contribution in [0.3, 0.4) is 0 Å². The molecule has 12 heteroatoms. The summed E-state index contributed by atoms with van der Waals surface area (Å²) in [5.41, 5.74) is -1.69. The van der Waals surface area contributed by atoms with Crippen molar-refractivity contribution in [3.8, 4) is 0 Å². The summed E-state index contributed by atoms with van der Waals surface area (Å²) < 4.78 is 28.3. The van der Waals surface area contributed by atoms with Crippen molar-refractivity contribution >= 4 is 0 Å². The van der Waals surface area contributed by atoms with E-state index in [1.165, 1.54) is 0 Å². The summed E-state index contributed by atoms with van der Waals surface area (Å²) in [5, 5.41) is 51.0. The molecule has 61 heavy (non-hydrogen) atoms. The van der Waals surface area contributed by atoms with Crippen LogP contribution in [0, 0.1) is 23.7 Å². The van der Waals surface area contributed by atoms with E-state index in [2.05, 4.69) is 111 Å². The molecule has 360 valence electrons. The Labute approximate surface area is 373 Å². The van der Waals surface area contributed by atoms with Gasteiger partial charge in [0, 0.05) is 52.9 Å². The van der Waals surface area contributed by atoms with E-state index in [4.69, 9.17) is 18.9 Å². The molecule has 4 N–H and O–H groups in total. The molecule has 9 atom stereocenters. The Kier molecular flexibility index (Phi) is 19.1. The molecule has 0 spiro atoms. The SMILES string of the molecule is CC(C)C1CC(OCCCCCCCC(OC2CC(C(C)C)N(O)C(C)(C)C2)C(OC2CC(C(C)C)N(O)C(C)(C)C2)OC2CC(C(C)C)N(O)C(C)(C)C2)CC(C)(C)N1O. The van der Waals surface area contributed by atoms with Crippen molar-refractivity contribution in [3.63, 3.8) is 0 Å². The lowest BCUT2D eigenvalue weighted by Crippen LogP contribution is -2.60. The van der Waals surface area contributed by atoms with Crippen molar-refractivity contribution < 1.29 is 39.8 Å². The van der Waals surface area contributed by atoms with Gasteiger partial charge in [0.25, 0.3) is 0 Å². The molecule has 0 radical (unpaired) electrons. The van der Waals surface area contributed by atoms with Gasteiger partial charge in [0.2, 0.25) is 0 Å². The number of piperidine rings is 4. The summed E-state index contributed by atoms with van der Waals surface area (Å²) in [7, 11) is 0. The molecule has 4 aliphatic rings. The van der Waals surface area contributed by atoms with Crippen LogP contribution in [0.25, 0.3) is 0 Å². The largest absolute Gasteiger partial charge is 0.378 e. The van der Waals surface area contributed by atoms with Gasteiger partial charge in [-0.05, 0) is 143 Å². The summed E-state index contributed by atoms with van der Waals surface area (Å²) in [5.74, 6) is 1.10. The highest BCUT2D eigenvalue weighted by Gasteiger charge is 2.48. The van der Waals surface area contributed by atoms with Crippen LogP contribution >= 0.6 is 0 Å². The molecule has 4 saturated heterocycles. The predicted molar refractivity (Wildman–Crippen MR) is 242 cm³/mol. The van der Waals surface area contributed by atoms with Crippen molar-refractivity contribution in [1.82, 2.24) is 20.3 Å². The van der Waals surface area contributed by atoms with E-state index in [0.29, 0.717) is 38.0 Å². The zero-order valence-electron chi connectivity index (χ0n) is 41.9. The molecule has 9 unspecified atom stereocenters. The molecule has 0 aliphatic carbocycles. The highest BCUT2D eigenvalue weighted by Crippen LogP contribution is 2.41. The molecule has 4 aliphatic heterocycles. The third-order valence-electron chi connectivity index (χ3n) is 15.1. The van der Waals surface area contributed by atoms with Crippen molar-refractivity contribution in [2.24, 2.45) is 23.7 Å². The first-order valence-electron chi connectivity index (χ1n) is 24.7. The molecular formula is C49H96N4O8. The summed E-state index contributed by atoms with van der Waals surface area (Å²) in [6.07, 6.45) is 10.7. The Bertz CT molecular complexity index is 1270. The minimum absolute atomic E-state index is 0.0293. The highest BCUT2D eigenvalue weighted by atomic mass is 16.7. The summed E-state index contributed by atoms with van der Waals surface area (Å²) >= 11 is 0. The third kappa shape index (κ3) is 14.0. The van der Waals surface area contributed by atoms with Crippen LogP contribution in [0.1, 0.15) is 201 Å². The van der Waals surface area contributed by atoms with E-state index in [0.717, 1.165) is 64.4 Å². The summed E-state index contributed by atoms with van der Waals surface area (Å²) in [6, 6.07) is -0.0211. The van der Waals surface area contributed by atoms with Gasteiger partial charge in [-0.15, -0.1) is 0 Å². The van der Waals surface area contributed by atoms with Crippen molar-refractivity contribution in [3.05, 3.63) is 0 Å². The second-order valence-electron chi connectivity index (χ2n) is 23.9. The van der Waals surface area contributed by atoms with Gasteiger partial charge in [0.1, 0.15) is 6.10 Å². The molecule has 0 saturated carbocycles. The van der Waals surface area contributed by atoms with Crippen LogP contribution in [0.5, 0.6) is 0 Å². The fourth-order valence-corrected chi connectivity index (χ4v) is 11.2. The van der Waals surface area contributed by atoms with Crippen LogP contribution in [0.2, 0.25) is 0 Å². The second-order valence-corrected chi connectivity index (χ2v) is 23.9. The maximum Gasteiger partial charge on any atom is 0.184 e. The van der Waals surface area contributed by atoms with Crippen LogP contribution < -0.4 is 0 Å². The number of rotatable bonds is 20. The van der Waals surface area contributed by atoms with Crippen molar-refractivity contribution in [2.75, 3.05) is 6.61 Å². The van der Waals surface area contributed by atoms with Crippen LogP contribution in [-0.4, -0.2) is 131 Å². The van der Waals surface area contributed by atoms with E-state index in [-0.39, 0.29) is 78.0 Å². The Morgan fingerprint density at radius 1 is 0.426 bits per heavy atom. The Hall–Kier alpha value is -0.480. The Balaban J connectivity index is 1.52. The number of unbranched alkanes of at least 4 members (excludes halogenated alkanes) is 4. The Morgan fingerprint density at radius 2 is 0.721 bits per heavy atom. The molecule has 0 bridgehead atoms. The fourth-order valence-electron chi connectivity index (χ4n) is 11.2.